The molecule has 3 rings (SSSR count). The fraction of sp³-hybridized carbons (Fsp3) is 0.167. The molecule has 0 bridgehead atoms. The number of rotatable bonds is 4. The first-order valence-electron chi connectivity index (χ1n) is 7.60. The Hall–Kier alpha value is -1.95. The van der Waals surface area contributed by atoms with E-state index in [0.717, 1.165) is 16.3 Å². The van der Waals surface area contributed by atoms with Crippen molar-refractivity contribution in [2.24, 2.45) is 0 Å². The zero-order valence-corrected chi connectivity index (χ0v) is 15.9. The number of aryl methyl sites for hydroxylation is 1. The van der Waals surface area contributed by atoms with Crippen LogP contribution in [0.15, 0.2) is 42.6 Å². The van der Waals surface area contributed by atoms with Gasteiger partial charge in [-0.25, -0.2) is 4.98 Å². The highest BCUT2D eigenvalue weighted by atomic mass is 35.5. The first-order chi connectivity index (χ1) is 12.0. The number of nitrogens with zero attached hydrogens (tertiary/aromatic N) is 2. The Morgan fingerprint density at radius 1 is 1.20 bits per heavy atom. The minimum Gasteiger partial charge on any atom is -0.345 e. The first-order valence-corrected chi connectivity index (χ1v) is 9.17. The lowest BCUT2D eigenvalue weighted by molar-refractivity contribution is 0.0943. The Morgan fingerprint density at radius 2 is 2.00 bits per heavy atom. The predicted octanol–water partition coefficient (Wildman–Crippen LogP) is 5.31. The van der Waals surface area contributed by atoms with E-state index in [1.165, 1.54) is 11.3 Å². The molecule has 1 atom stereocenters. The number of thiazole rings is 1. The maximum absolute atomic E-state index is 12.6. The lowest BCUT2D eigenvalue weighted by atomic mass is 10.1. The minimum absolute atomic E-state index is 0.171. The van der Waals surface area contributed by atoms with Crippen molar-refractivity contribution in [3.63, 3.8) is 0 Å². The van der Waals surface area contributed by atoms with E-state index in [9.17, 15) is 4.79 Å². The molecule has 2 aromatic heterocycles. The highest BCUT2D eigenvalue weighted by Crippen LogP contribution is 2.28. The van der Waals surface area contributed by atoms with Gasteiger partial charge >= 0.3 is 0 Å². The van der Waals surface area contributed by atoms with Gasteiger partial charge in [-0.05, 0) is 43.7 Å². The number of hydrogen-bond donors (Lipinski definition) is 1. The van der Waals surface area contributed by atoms with E-state index in [1.807, 2.05) is 38.1 Å². The SMILES string of the molecule is Cc1nc(-c2ccccn2)sc1C(=O)N[C@H](C)c1ccc(Cl)c(Cl)c1. The summed E-state index contributed by atoms with van der Waals surface area (Å²) in [6, 6.07) is 10.7. The van der Waals surface area contributed by atoms with Crippen molar-refractivity contribution in [2.75, 3.05) is 0 Å². The predicted molar refractivity (Wildman–Crippen MR) is 102 cm³/mol. The van der Waals surface area contributed by atoms with E-state index >= 15 is 0 Å². The van der Waals surface area contributed by atoms with Gasteiger partial charge in [0.1, 0.15) is 9.88 Å². The second kappa shape index (κ2) is 7.52. The number of halogens is 2. The fourth-order valence-corrected chi connectivity index (χ4v) is 3.59. The molecule has 0 fully saturated rings. The number of pyridine rings is 1. The summed E-state index contributed by atoms with van der Waals surface area (Å²) in [7, 11) is 0. The van der Waals surface area contributed by atoms with Gasteiger partial charge in [-0.3, -0.25) is 9.78 Å². The van der Waals surface area contributed by atoms with Gasteiger partial charge in [-0.1, -0.05) is 35.3 Å². The number of carbonyl (C=O) groups is 1. The van der Waals surface area contributed by atoms with E-state index in [0.29, 0.717) is 20.6 Å². The molecule has 128 valence electrons. The lowest BCUT2D eigenvalue weighted by Crippen LogP contribution is -2.26. The van der Waals surface area contributed by atoms with Crippen LogP contribution in [-0.2, 0) is 0 Å². The topological polar surface area (TPSA) is 54.9 Å². The molecule has 4 nitrogen and oxygen atoms in total. The van der Waals surface area contributed by atoms with E-state index in [4.69, 9.17) is 23.2 Å². The number of hydrogen-bond acceptors (Lipinski definition) is 4. The zero-order chi connectivity index (χ0) is 18.0. The van der Waals surface area contributed by atoms with Crippen LogP contribution in [0, 0.1) is 6.92 Å². The van der Waals surface area contributed by atoms with E-state index in [1.54, 1.807) is 18.3 Å². The van der Waals surface area contributed by atoms with Crippen LogP contribution in [0.1, 0.15) is 33.9 Å². The molecule has 0 aliphatic carbocycles. The van der Waals surface area contributed by atoms with E-state index in [-0.39, 0.29) is 11.9 Å². The Morgan fingerprint density at radius 3 is 2.68 bits per heavy atom. The number of carbonyl (C=O) groups excluding carboxylic acids is 1. The molecule has 1 N–H and O–H groups in total. The highest BCUT2D eigenvalue weighted by Gasteiger charge is 2.19. The van der Waals surface area contributed by atoms with Crippen molar-refractivity contribution >= 4 is 40.4 Å². The van der Waals surface area contributed by atoms with Gasteiger partial charge in [0.05, 0.1) is 27.5 Å². The molecular weight excluding hydrogens is 377 g/mol. The Balaban J connectivity index is 1.79. The number of benzene rings is 1. The quantitative estimate of drug-likeness (QED) is 0.655. The van der Waals surface area contributed by atoms with Crippen molar-refractivity contribution in [1.82, 2.24) is 15.3 Å². The summed E-state index contributed by atoms with van der Waals surface area (Å²) in [5.41, 5.74) is 2.33. The van der Waals surface area contributed by atoms with E-state index < -0.39 is 0 Å². The van der Waals surface area contributed by atoms with Crippen LogP contribution >= 0.6 is 34.5 Å². The third-order valence-corrected chi connectivity index (χ3v) is 5.60. The molecule has 1 aromatic carbocycles. The van der Waals surface area contributed by atoms with Crippen LogP contribution in [0.5, 0.6) is 0 Å². The maximum atomic E-state index is 12.6. The van der Waals surface area contributed by atoms with Crippen LogP contribution in [0.2, 0.25) is 10.0 Å². The van der Waals surface area contributed by atoms with Crippen molar-refractivity contribution < 1.29 is 4.79 Å². The second-order valence-electron chi connectivity index (χ2n) is 5.52. The molecular formula is C18H15Cl2N3OS. The van der Waals surface area contributed by atoms with Crippen molar-refractivity contribution in [3.05, 3.63) is 68.8 Å². The molecule has 0 aliphatic rings. The minimum atomic E-state index is -0.206. The van der Waals surface area contributed by atoms with Gasteiger partial charge in [0.15, 0.2) is 0 Å². The summed E-state index contributed by atoms with van der Waals surface area (Å²) < 4.78 is 0. The number of amides is 1. The Kier molecular flexibility index (Phi) is 5.37. The summed E-state index contributed by atoms with van der Waals surface area (Å²) in [6.07, 6.45) is 1.71. The molecule has 0 radical (unpaired) electrons. The average molecular weight is 392 g/mol. The van der Waals surface area contributed by atoms with Crippen LogP contribution in [0.4, 0.5) is 0 Å². The molecule has 0 saturated heterocycles. The second-order valence-corrected chi connectivity index (χ2v) is 7.33. The maximum Gasteiger partial charge on any atom is 0.263 e. The largest absolute Gasteiger partial charge is 0.345 e. The summed E-state index contributed by atoms with van der Waals surface area (Å²) in [5, 5.41) is 4.65. The summed E-state index contributed by atoms with van der Waals surface area (Å²) in [6.45, 7) is 3.72. The van der Waals surface area contributed by atoms with Gasteiger partial charge < -0.3 is 5.32 Å². The van der Waals surface area contributed by atoms with Gasteiger partial charge in [0.2, 0.25) is 0 Å². The molecule has 2 heterocycles. The molecule has 0 unspecified atom stereocenters. The number of aromatic nitrogens is 2. The average Bonchev–Trinajstić information content (AvgIpc) is 3.00. The first kappa shape index (κ1) is 17.9. The van der Waals surface area contributed by atoms with Crippen molar-refractivity contribution in [1.29, 1.82) is 0 Å². The fourth-order valence-electron chi connectivity index (χ4n) is 2.33. The zero-order valence-electron chi connectivity index (χ0n) is 13.6. The lowest BCUT2D eigenvalue weighted by Gasteiger charge is -2.14. The third kappa shape index (κ3) is 4.00. The van der Waals surface area contributed by atoms with Crippen molar-refractivity contribution in [3.8, 4) is 10.7 Å². The normalized spacial score (nSPS) is 12.0. The molecule has 0 saturated carbocycles. The van der Waals surface area contributed by atoms with Gasteiger partial charge in [-0.2, -0.15) is 0 Å². The smallest absolute Gasteiger partial charge is 0.263 e. The summed E-state index contributed by atoms with van der Waals surface area (Å²) >= 11 is 13.3. The summed E-state index contributed by atoms with van der Waals surface area (Å²) in [5.74, 6) is -0.171. The van der Waals surface area contributed by atoms with Crippen LogP contribution in [0.3, 0.4) is 0 Å². The van der Waals surface area contributed by atoms with E-state index in [2.05, 4.69) is 15.3 Å². The monoisotopic (exact) mass is 391 g/mol. The Labute approximate surface area is 159 Å². The summed E-state index contributed by atoms with van der Waals surface area (Å²) in [4.78, 5) is 21.9. The molecule has 25 heavy (non-hydrogen) atoms. The third-order valence-electron chi connectivity index (χ3n) is 3.68. The van der Waals surface area contributed by atoms with Crippen LogP contribution in [0.25, 0.3) is 10.7 Å². The molecule has 1 amide bonds. The number of nitrogens with one attached hydrogen (secondary N) is 1. The van der Waals surface area contributed by atoms with Crippen LogP contribution < -0.4 is 5.32 Å². The molecule has 3 aromatic rings. The molecule has 0 aliphatic heterocycles. The van der Waals surface area contributed by atoms with Gasteiger partial charge in [-0.15, -0.1) is 11.3 Å². The molecule has 0 spiro atoms. The highest BCUT2D eigenvalue weighted by molar-refractivity contribution is 7.17. The van der Waals surface area contributed by atoms with Gasteiger partial charge in [0, 0.05) is 6.20 Å². The molecule has 7 heteroatoms. The van der Waals surface area contributed by atoms with Crippen LogP contribution in [-0.4, -0.2) is 15.9 Å². The Bertz CT molecular complexity index is 912. The standard InChI is InChI=1S/C18H15Cl2N3OS/c1-10(12-6-7-13(19)14(20)9-12)22-17(24)16-11(2)23-18(25-16)15-5-3-4-8-21-15/h3-10H,1-2H3,(H,22,24)/t10-/m1/s1. The van der Waals surface area contributed by atoms with Crippen molar-refractivity contribution in [2.45, 2.75) is 19.9 Å². The van der Waals surface area contributed by atoms with Gasteiger partial charge in [0.25, 0.3) is 5.91 Å².